The van der Waals surface area contributed by atoms with Gasteiger partial charge in [0.15, 0.2) is 5.13 Å². The number of aromatic nitrogens is 1. The molecule has 1 unspecified atom stereocenters. The van der Waals surface area contributed by atoms with E-state index in [0.29, 0.717) is 6.04 Å². The monoisotopic (exact) mass is 285 g/mol. The minimum Gasteiger partial charge on any atom is -0.383 e. The van der Waals surface area contributed by atoms with Gasteiger partial charge in [-0.15, -0.1) is 11.3 Å². The topological polar surface area (TPSA) is 37.4 Å². The van der Waals surface area contributed by atoms with E-state index in [2.05, 4.69) is 37.9 Å². The number of rotatable bonds is 9. The molecule has 0 saturated carbocycles. The standard InChI is InChI=1S/C14H27N3OS/c1-6-11(3)17(8-9-18-5)14-16-12(4)13(19-14)10-15-7-2/h11,15H,6-10H2,1-5H3. The van der Waals surface area contributed by atoms with Crippen LogP contribution in [0.15, 0.2) is 0 Å². The van der Waals surface area contributed by atoms with Gasteiger partial charge in [-0.05, 0) is 26.8 Å². The van der Waals surface area contributed by atoms with E-state index >= 15 is 0 Å². The summed E-state index contributed by atoms with van der Waals surface area (Å²) in [5.41, 5.74) is 1.15. The quantitative estimate of drug-likeness (QED) is 0.757. The lowest BCUT2D eigenvalue weighted by Crippen LogP contribution is -2.35. The van der Waals surface area contributed by atoms with Gasteiger partial charge in [0.05, 0.1) is 12.3 Å². The van der Waals surface area contributed by atoms with E-state index in [4.69, 9.17) is 9.72 Å². The summed E-state index contributed by atoms with van der Waals surface area (Å²) in [6.07, 6.45) is 1.12. The van der Waals surface area contributed by atoms with E-state index < -0.39 is 0 Å². The molecule has 1 heterocycles. The van der Waals surface area contributed by atoms with Crippen molar-refractivity contribution in [2.75, 3.05) is 31.7 Å². The average Bonchev–Trinajstić information content (AvgIpc) is 2.77. The van der Waals surface area contributed by atoms with Crippen molar-refractivity contribution in [1.82, 2.24) is 10.3 Å². The Morgan fingerprint density at radius 2 is 2.16 bits per heavy atom. The number of hydrogen-bond acceptors (Lipinski definition) is 5. The maximum Gasteiger partial charge on any atom is 0.186 e. The first kappa shape index (κ1) is 16.4. The highest BCUT2D eigenvalue weighted by molar-refractivity contribution is 7.15. The number of hydrogen-bond donors (Lipinski definition) is 1. The summed E-state index contributed by atoms with van der Waals surface area (Å²) in [6, 6.07) is 0.493. The SMILES string of the molecule is CCNCc1sc(N(CCOC)C(C)CC)nc1C. The second kappa shape index (κ2) is 8.51. The predicted octanol–water partition coefficient (Wildman–Crippen LogP) is 2.81. The molecule has 1 atom stereocenters. The predicted molar refractivity (Wildman–Crippen MR) is 83.2 cm³/mol. The molecule has 0 bridgehead atoms. The van der Waals surface area contributed by atoms with Gasteiger partial charge in [0.25, 0.3) is 0 Å². The van der Waals surface area contributed by atoms with Crippen molar-refractivity contribution in [3.63, 3.8) is 0 Å². The second-order valence-corrected chi connectivity index (χ2v) is 5.79. The van der Waals surface area contributed by atoms with Crippen molar-refractivity contribution in [1.29, 1.82) is 0 Å². The molecule has 0 amide bonds. The average molecular weight is 285 g/mol. The van der Waals surface area contributed by atoms with Crippen molar-refractivity contribution < 1.29 is 4.74 Å². The fourth-order valence-corrected chi connectivity index (χ4v) is 3.01. The third-order valence-electron chi connectivity index (χ3n) is 3.32. The summed E-state index contributed by atoms with van der Waals surface area (Å²) in [5.74, 6) is 0. The van der Waals surface area contributed by atoms with Crippen LogP contribution >= 0.6 is 11.3 Å². The Labute approximate surface area is 121 Å². The third kappa shape index (κ3) is 4.75. The van der Waals surface area contributed by atoms with Gasteiger partial charge in [0.1, 0.15) is 0 Å². The van der Waals surface area contributed by atoms with Crippen LogP contribution in [0.4, 0.5) is 5.13 Å². The number of thiazole rings is 1. The zero-order chi connectivity index (χ0) is 14.3. The second-order valence-electron chi connectivity index (χ2n) is 4.73. The fourth-order valence-electron chi connectivity index (χ4n) is 1.85. The lowest BCUT2D eigenvalue weighted by Gasteiger charge is -2.27. The lowest BCUT2D eigenvalue weighted by atomic mass is 10.2. The number of nitrogens with zero attached hydrogens (tertiary/aromatic N) is 2. The first-order chi connectivity index (χ1) is 9.13. The van der Waals surface area contributed by atoms with E-state index in [1.165, 1.54) is 4.88 Å². The van der Waals surface area contributed by atoms with Gasteiger partial charge in [-0.25, -0.2) is 4.98 Å². The van der Waals surface area contributed by atoms with E-state index in [1.807, 2.05) is 0 Å². The van der Waals surface area contributed by atoms with Crippen LogP contribution in [0.3, 0.4) is 0 Å². The highest BCUT2D eigenvalue weighted by Gasteiger charge is 2.18. The number of aryl methyl sites for hydroxylation is 1. The summed E-state index contributed by atoms with van der Waals surface area (Å²) in [4.78, 5) is 8.43. The van der Waals surface area contributed by atoms with Crippen molar-refractivity contribution in [3.8, 4) is 0 Å². The molecule has 0 aromatic carbocycles. The maximum absolute atomic E-state index is 5.21. The number of ether oxygens (including phenoxy) is 1. The van der Waals surface area contributed by atoms with Gasteiger partial charge in [0, 0.05) is 31.1 Å². The minimum absolute atomic E-state index is 0.493. The summed E-state index contributed by atoms with van der Waals surface area (Å²) in [5, 5.41) is 4.49. The van der Waals surface area contributed by atoms with Crippen LogP contribution < -0.4 is 10.2 Å². The molecule has 0 saturated heterocycles. The van der Waals surface area contributed by atoms with E-state index in [-0.39, 0.29) is 0 Å². The molecule has 0 fully saturated rings. The molecular weight excluding hydrogens is 258 g/mol. The Bertz CT molecular complexity index is 368. The molecule has 110 valence electrons. The number of methoxy groups -OCH3 is 1. The Morgan fingerprint density at radius 1 is 1.42 bits per heavy atom. The largest absolute Gasteiger partial charge is 0.383 e. The lowest BCUT2D eigenvalue weighted by molar-refractivity contribution is 0.203. The van der Waals surface area contributed by atoms with Crippen LogP contribution in [0.25, 0.3) is 0 Å². The van der Waals surface area contributed by atoms with Crippen LogP contribution in [0, 0.1) is 6.92 Å². The summed E-state index contributed by atoms with van der Waals surface area (Å²) >= 11 is 1.80. The molecule has 19 heavy (non-hydrogen) atoms. The zero-order valence-electron chi connectivity index (χ0n) is 12.8. The van der Waals surface area contributed by atoms with Crippen molar-refractivity contribution in [2.45, 2.75) is 46.7 Å². The molecule has 0 aliphatic heterocycles. The molecule has 5 heteroatoms. The molecule has 0 radical (unpaired) electrons. The molecule has 1 aromatic rings. The molecular formula is C14H27N3OS. The Balaban J connectivity index is 2.83. The van der Waals surface area contributed by atoms with Gasteiger partial charge in [-0.3, -0.25) is 0 Å². The Morgan fingerprint density at radius 3 is 2.74 bits per heavy atom. The number of nitrogens with one attached hydrogen (secondary N) is 1. The molecule has 1 rings (SSSR count). The number of anilines is 1. The van der Waals surface area contributed by atoms with E-state index in [0.717, 1.165) is 43.5 Å². The van der Waals surface area contributed by atoms with Crippen LogP contribution in [0.2, 0.25) is 0 Å². The highest BCUT2D eigenvalue weighted by Crippen LogP contribution is 2.28. The summed E-state index contributed by atoms with van der Waals surface area (Å²) in [6.45, 7) is 12.2. The molecule has 1 N–H and O–H groups in total. The molecule has 4 nitrogen and oxygen atoms in total. The van der Waals surface area contributed by atoms with Gasteiger partial charge in [-0.1, -0.05) is 13.8 Å². The van der Waals surface area contributed by atoms with Gasteiger partial charge in [-0.2, -0.15) is 0 Å². The van der Waals surface area contributed by atoms with E-state index in [9.17, 15) is 0 Å². The third-order valence-corrected chi connectivity index (χ3v) is 4.52. The Hall–Kier alpha value is -0.650. The molecule has 0 spiro atoms. The van der Waals surface area contributed by atoms with Crippen LogP contribution in [0.1, 0.15) is 37.8 Å². The van der Waals surface area contributed by atoms with Gasteiger partial charge >= 0.3 is 0 Å². The minimum atomic E-state index is 0.493. The highest BCUT2D eigenvalue weighted by atomic mass is 32.1. The van der Waals surface area contributed by atoms with Gasteiger partial charge in [0.2, 0.25) is 0 Å². The summed E-state index contributed by atoms with van der Waals surface area (Å²) < 4.78 is 5.21. The summed E-state index contributed by atoms with van der Waals surface area (Å²) in [7, 11) is 1.75. The fraction of sp³-hybridized carbons (Fsp3) is 0.786. The Kier molecular flexibility index (Phi) is 7.34. The normalized spacial score (nSPS) is 12.7. The molecule has 0 aliphatic rings. The van der Waals surface area contributed by atoms with Gasteiger partial charge < -0.3 is 15.0 Å². The van der Waals surface area contributed by atoms with Crippen molar-refractivity contribution in [2.24, 2.45) is 0 Å². The molecule has 0 aliphatic carbocycles. The first-order valence-corrected chi connectivity index (χ1v) is 7.88. The first-order valence-electron chi connectivity index (χ1n) is 7.06. The zero-order valence-corrected chi connectivity index (χ0v) is 13.6. The smallest absolute Gasteiger partial charge is 0.186 e. The maximum atomic E-state index is 5.21. The molecule has 1 aromatic heterocycles. The van der Waals surface area contributed by atoms with E-state index in [1.54, 1.807) is 18.4 Å². The van der Waals surface area contributed by atoms with Crippen LogP contribution in [-0.2, 0) is 11.3 Å². The van der Waals surface area contributed by atoms with Crippen LogP contribution in [-0.4, -0.2) is 37.8 Å². The van der Waals surface area contributed by atoms with Crippen LogP contribution in [0.5, 0.6) is 0 Å². The van der Waals surface area contributed by atoms with Crippen molar-refractivity contribution in [3.05, 3.63) is 10.6 Å². The van der Waals surface area contributed by atoms with Crippen molar-refractivity contribution >= 4 is 16.5 Å².